The van der Waals surface area contributed by atoms with E-state index in [1.165, 1.54) is 44.2 Å². The second-order valence-electron chi connectivity index (χ2n) is 6.63. The van der Waals surface area contributed by atoms with Gasteiger partial charge < -0.3 is 10.1 Å². The van der Waals surface area contributed by atoms with Crippen molar-refractivity contribution in [3.8, 4) is 5.75 Å². The summed E-state index contributed by atoms with van der Waals surface area (Å²) in [5, 5.41) is 2.93. The summed E-state index contributed by atoms with van der Waals surface area (Å²) in [7, 11) is 0. The second-order valence-corrected chi connectivity index (χ2v) is 6.63. The Morgan fingerprint density at radius 3 is 2.56 bits per heavy atom. The molecule has 3 rings (SSSR count). The molecule has 4 heteroatoms. The molecule has 0 heterocycles. The highest BCUT2D eigenvalue weighted by Gasteiger charge is 2.16. The third-order valence-electron chi connectivity index (χ3n) is 4.71. The number of rotatable bonds is 6. The fourth-order valence-corrected chi connectivity index (χ4v) is 3.22. The van der Waals surface area contributed by atoms with Crippen LogP contribution in [0.5, 0.6) is 5.75 Å². The molecule has 0 atom stereocenters. The van der Waals surface area contributed by atoms with Crippen molar-refractivity contribution in [1.29, 1.82) is 0 Å². The van der Waals surface area contributed by atoms with Crippen LogP contribution >= 0.6 is 0 Å². The lowest BCUT2D eigenvalue weighted by Crippen LogP contribution is -2.30. The van der Waals surface area contributed by atoms with Crippen LogP contribution in [0.2, 0.25) is 0 Å². The first kappa shape index (κ1) is 17.5. The maximum atomic E-state index is 14.2. The molecule has 0 aromatic heterocycles. The minimum Gasteiger partial charge on any atom is -0.486 e. The molecule has 0 bridgehead atoms. The van der Waals surface area contributed by atoms with Crippen LogP contribution in [0.3, 0.4) is 0 Å². The van der Waals surface area contributed by atoms with Gasteiger partial charge in [0.2, 0.25) is 0 Å². The van der Waals surface area contributed by atoms with Crippen LogP contribution in [0.4, 0.5) is 4.39 Å². The molecular weight excluding hydrogens is 317 g/mol. The molecule has 1 aliphatic rings. The Labute approximate surface area is 148 Å². The zero-order valence-electron chi connectivity index (χ0n) is 14.3. The number of ether oxygens (including phenoxy) is 1. The van der Waals surface area contributed by atoms with Crippen LogP contribution < -0.4 is 10.1 Å². The lowest BCUT2D eigenvalue weighted by Gasteiger charge is -2.21. The number of hydrogen-bond donors (Lipinski definition) is 1. The third kappa shape index (κ3) is 5.05. The van der Waals surface area contributed by atoms with E-state index in [0.717, 1.165) is 5.56 Å². The Hall–Kier alpha value is -2.36. The van der Waals surface area contributed by atoms with E-state index in [9.17, 15) is 9.18 Å². The number of amides is 1. The lowest BCUT2D eigenvalue weighted by molar-refractivity contribution is 0.0943. The fourth-order valence-electron chi connectivity index (χ4n) is 3.22. The summed E-state index contributed by atoms with van der Waals surface area (Å²) in [6, 6.07) is 14.0. The monoisotopic (exact) mass is 341 g/mol. The van der Waals surface area contributed by atoms with Gasteiger partial charge in [-0.15, -0.1) is 0 Å². The molecular formula is C21H24FNO2. The highest BCUT2D eigenvalue weighted by atomic mass is 19.1. The SMILES string of the molecule is O=C(NCC1CCCCC1)c1ccc(OCc2ccccc2)c(F)c1. The van der Waals surface area contributed by atoms with E-state index in [1.807, 2.05) is 30.3 Å². The Balaban J connectivity index is 1.54. The topological polar surface area (TPSA) is 38.3 Å². The van der Waals surface area contributed by atoms with Crippen LogP contribution in [-0.2, 0) is 6.61 Å². The molecule has 1 amide bonds. The van der Waals surface area contributed by atoms with Crippen LogP contribution in [0.1, 0.15) is 48.0 Å². The molecule has 2 aromatic carbocycles. The molecule has 1 N–H and O–H groups in total. The molecule has 1 saturated carbocycles. The smallest absolute Gasteiger partial charge is 0.251 e. The van der Waals surface area contributed by atoms with Gasteiger partial charge in [-0.25, -0.2) is 4.39 Å². The quantitative estimate of drug-likeness (QED) is 0.826. The molecule has 0 unspecified atom stereocenters. The number of carbonyl (C=O) groups excluding carboxylic acids is 1. The minimum atomic E-state index is -0.513. The van der Waals surface area contributed by atoms with E-state index >= 15 is 0 Å². The van der Waals surface area contributed by atoms with E-state index in [2.05, 4.69) is 5.32 Å². The predicted octanol–water partition coefficient (Wildman–Crippen LogP) is 4.71. The van der Waals surface area contributed by atoms with Crippen molar-refractivity contribution in [3.63, 3.8) is 0 Å². The minimum absolute atomic E-state index is 0.160. The van der Waals surface area contributed by atoms with Gasteiger partial charge in [-0.2, -0.15) is 0 Å². The Kier molecular flexibility index (Phi) is 6.04. The first-order valence-electron chi connectivity index (χ1n) is 8.97. The highest BCUT2D eigenvalue weighted by Crippen LogP contribution is 2.23. The molecule has 0 radical (unpaired) electrons. The van der Waals surface area contributed by atoms with Crippen LogP contribution in [0.25, 0.3) is 0 Å². The average molecular weight is 341 g/mol. The second kappa shape index (κ2) is 8.65. The molecule has 1 fully saturated rings. The summed E-state index contributed by atoms with van der Waals surface area (Å²) in [6.45, 7) is 0.970. The van der Waals surface area contributed by atoms with E-state index in [4.69, 9.17) is 4.74 Å². The van der Waals surface area contributed by atoms with Gasteiger partial charge in [0.1, 0.15) is 6.61 Å². The molecule has 25 heavy (non-hydrogen) atoms. The van der Waals surface area contributed by atoms with Gasteiger partial charge >= 0.3 is 0 Å². The van der Waals surface area contributed by atoms with Crippen molar-refractivity contribution >= 4 is 5.91 Å². The summed E-state index contributed by atoms with van der Waals surface area (Å²) in [4.78, 5) is 12.2. The molecule has 1 aliphatic carbocycles. The Morgan fingerprint density at radius 2 is 1.84 bits per heavy atom. The van der Waals surface area contributed by atoms with E-state index in [0.29, 0.717) is 24.6 Å². The number of nitrogens with one attached hydrogen (secondary N) is 1. The largest absolute Gasteiger partial charge is 0.486 e. The average Bonchev–Trinajstić information content (AvgIpc) is 2.66. The molecule has 3 nitrogen and oxygen atoms in total. The highest BCUT2D eigenvalue weighted by molar-refractivity contribution is 5.94. The summed E-state index contributed by atoms with van der Waals surface area (Å²) in [5.74, 6) is -0.0240. The van der Waals surface area contributed by atoms with Crippen molar-refractivity contribution < 1.29 is 13.9 Å². The normalized spacial score (nSPS) is 14.9. The van der Waals surface area contributed by atoms with Crippen LogP contribution in [-0.4, -0.2) is 12.5 Å². The van der Waals surface area contributed by atoms with E-state index in [1.54, 1.807) is 6.07 Å². The summed E-state index contributed by atoms with van der Waals surface area (Å²) >= 11 is 0. The first-order chi connectivity index (χ1) is 12.2. The number of halogens is 1. The summed E-state index contributed by atoms with van der Waals surface area (Å²) < 4.78 is 19.7. The van der Waals surface area contributed by atoms with Gasteiger partial charge in [0, 0.05) is 12.1 Å². The standard InChI is InChI=1S/C21H24FNO2/c22-19-13-18(21(24)23-14-16-7-3-1-4-8-16)11-12-20(19)25-15-17-9-5-2-6-10-17/h2,5-6,9-13,16H,1,3-4,7-8,14-15H2,(H,23,24). The zero-order chi connectivity index (χ0) is 17.5. The molecule has 0 saturated heterocycles. The third-order valence-corrected chi connectivity index (χ3v) is 4.71. The summed E-state index contributed by atoms with van der Waals surface area (Å²) in [5.41, 5.74) is 1.30. The fraction of sp³-hybridized carbons (Fsp3) is 0.381. The maximum absolute atomic E-state index is 14.2. The van der Waals surface area contributed by atoms with Gasteiger partial charge in [-0.05, 0) is 42.5 Å². The van der Waals surface area contributed by atoms with Crippen molar-refractivity contribution in [2.75, 3.05) is 6.54 Å². The van der Waals surface area contributed by atoms with Crippen molar-refractivity contribution in [2.24, 2.45) is 5.92 Å². The lowest BCUT2D eigenvalue weighted by atomic mass is 9.89. The maximum Gasteiger partial charge on any atom is 0.251 e. The van der Waals surface area contributed by atoms with Crippen molar-refractivity contribution in [3.05, 3.63) is 65.5 Å². The first-order valence-corrected chi connectivity index (χ1v) is 8.97. The van der Waals surface area contributed by atoms with Gasteiger partial charge in [-0.3, -0.25) is 4.79 Å². The number of hydrogen-bond acceptors (Lipinski definition) is 2. The zero-order valence-corrected chi connectivity index (χ0v) is 14.3. The molecule has 0 aliphatic heterocycles. The van der Waals surface area contributed by atoms with Gasteiger partial charge in [0.15, 0.2) is 11.6 Å². The Morgan fingerprint density at radius 1 is 1.08 bits per heavy atom. The van der Waals surface area contributed by atoms with Crippen molar-refractivity contribution in [1.82, 2.24) is 5.32 Å². The molecule has 132 valence electrons. The van der Waals surface area contributed by atoms with Gasteiger partial charge in [0.05, 0.1) is 0 Å². The Bertz CT molecular complexity index is 696. The van der Waals surface area contributed by atoms with Gasteiger partial charge in [-0.1, -0.05) is 49.6 Å². The predicted molar refractivity (Wildman–Crippen MR) is 96.1 cm³/mol. The van der Waals surface area contributed by atoms with Crippen LogP contribution in [0, 0.1) is 11.7 Å². The molecule has 0 spiro atoms. The van der Waals surface area contributed by atoms with E-state index < -0.39 is 5.82 Å². The summed E-state index contributed by atoms with van der Waals surface area (Å²) in [6.07, 6.45) is 6.10. The number of benzene rings is 2. The molecule has 2 aromatic rings. The van der Waals surface area contributed by atoms with Crippen LogP contribution in [0.15, 0.2) is 48.5 Å². The van der Waals surface area contributed by atoms with E-state index in [-0.39, 0.29) is 11.7 Å². The number of carbonyl (C=O) groups is 1. The van der Waals surface area contributed by atoms with Crippen molar-refractivity contribution in [2.45, 2.75) is 38.7 Å². The van der Waals surface area contributed by atoms with Gasteiger partial charge in [0.25, 0.3) is 5.91 Å².